The fourth-order valence-corrected chi connectivity index (χ4v) is 1.39. The second kappa shape index (κ2) is 6.05. The molecule has 15 heavy (non-hydrogen) atoms. The van der Waals surface area contributed by atoms with Crippen molar-refractivity contribution in [1.29, 1.82) is 0 Å². The molecule has 0 saturated heterocycles. The van der Waals surface area contributed by atoms with Gasteiger partial charge in [-0.2, -0.15) is 0 Å². The van der Waals surface area contributed by atoms with Gasteiger partial charge < -0.3 is 9.90 Å². The molecule has 0 radical (unpaired) electrons. The number of hydrogen-bond acceptors (Lipinski definition) is 3. The molecule has 0 aliphatic rings. The van der Waals surface area contributed by atoms with Crippen LogP contribution in [0.3, 0.4) is 0 Å². The fourth-order valence-electron chi connectivity index (χ4n) is 1.39. The first-order valence-corrected chi connectivity index (χ1v) is 4.34. The van der Waals surface area contributed by atoms with E-state index in [0.717, 1.165) is 11.1 Å². The van der Waals surface area contributed by atoms with Gasteiger partial charge in [0.2, 0.25) is 0 Å². The van der Waals surface area contributed by atoms with Crippen LogP contribution in [0, 0.1) is 6.92 Å². The van der Waals surface area contributed by atoms with Crippen molar-refractivity contribution in [3.05, 3.63) is 35.4 Å². The molecule has 0 bridgehead atoms. The maximum absolute atomic E-state index is 11.1. The summed E-state index contributed by atoms with van der Waals surface area (Å²) in [6.45, 7) is 3.41. The third-order valence-corrected chi connectivity index (χ3v) is 2.25. The average Bonchev–Trinajstić information content (AvgIpc) is 2.16. The predicted molar refractivity (Wildman–Crippen MR) is 49.6 cm³/mol. The molecule has 74 valence electrons. The maximum atomic E-state index is 11.1. The number of carbonyl (C=O) groups excluding carboxylic acids is 2. The molecule has 4 heteroatoms. The molecule has 1 aromatic rings. The van der Waals surface area contributed by atoms with Crippen molar-refractivity contribution in [2.75, 3.05) is 0 Å². The van der Waals surface area contributed by atoms with Crippen LogP contribution in [-0.2, 0) is 9.59 Å². The molecule has 0 aliphatic heterocycles. The van der Waals surface area contributed by atoms with Crippen molar-refractivity contribution in [2.45, 2.75) is 19.8 Å². The summed E-state index contributed by atoms with van der Waals surface area (Å²) in [4.78, 5) is 21.5. The number of carboxylic acids is 1. The van der Waals surface area contributed by atoms with E-state index in [4.69, 9.17) is 0 Å². The molecule has 0 spiro atoms. The molecule has 0 aromatic heterocycles. The summed E-state index contributed by atoms with van der Waals surface area (Å²) in [6, 6.07) is 7.21. The smallest absolute Gasteiger partial charge is 0.542 e. The zero-order valence-corrected chi connectivity index (χ0v) is 11.1. The summed E-state index contributed by atoms with van der Waals surface area (Å²) in [5.41, 5.74) is 1.65. The number of carbonyl (C=O) groups is 2. The predicted octanol–water partition coefficient (Wildman–Crippen LogP) is -2.58. The summed E-state index contributed by atoms with van der Waals surface area (Å²) >= 11 is 0. The Morgan fingerprint density at radius 3 is 2.27 bits per heavy atom. The quantitative estimate of drug-likeness (QED) is 0.410. The van der Waals surface area contributed by atoms with E-state index >= 15 is 0 Å². The molecule has 3 nitrogen and oxygen atoms in total. The summed E-state index contributed by atoms with van der Waals surface area (Å²) in [5, 5.41) is 10.4. The first-order chi connectivity index (χ1) is 6.54. The van der Waals surface area contributed by atoms with Crippen LogP contribution in [0.5, 0.6) is 0 Å². The average molecular weight is 214 g/mol. The Kier molecular flexibility index (Phi) is 5.80. The van der Waals surface area contributed by atoms with Gasteiger partial charge in [-0.3, -0.25) is 4.79 Å². The van der Waals surface area contributed by atoms with Crippen LogP contribution in [0.15, 0.2) is 24.3 Å². The minimum Gasteiger partial charge on any atom is -0.542 e. The maximum Gasteiger partial charge on any atom is 1.00 e. The van der Waals surface area contributed by atoms with E-state index in [1.165, 1.54) is 0 Å². The van der Waals surface area contributed by atoms with Gasteiger partial charge in [0.1, 0.15) is 5.97 Å². The molecule has 0 heterocycles. The molecule has 1 rings (SSSR count). The number of hydrogen-bond donors (Lipinski definition) is 0. The van der Waals surface area contributed by atoms with Gasteiger partial charge in [-0.05, 0) is 18.1 Å². The van der Waals surface area contributed by atoms with E-state index in [-0.39, 0.29) is 29.6 Å². The van der Waals surface area contributed by atoms with Gasteiger partial charge in [0, 0.05) is 5.92 Å². The van der Waals surface area contributed by atoms with Gasteiger partial charge >= 0.3 is 29.6 Å². The number of carboxylic acid groups (broad SMARTS) is 1. The van der Waals surface area contributed by atoms with E-state index in [9.17, 15) is 14.7 Å². The van der Waals surface area contributed by atoms with Crippen molar-refractivity contribution in [1.82, 2.24) is 0 Å². The van der Waals surface area contributed by atoms with Crippen LogP contribution >= 0.6 is 0 Å². The Hall–Kier alpha value is -0.640. The molecule has 1 atom stereocenters. The van der Waals surface area contributed by atoms with Gasteiger partial charge in [-0.1, -0.05) is 31.2 Å². The van der Waals surface area contributed by atoms with Crippen LogP contribution in [0.2, 0.25) is 0 Å². The van der Waals surface area contributed by atoms with Crippen LogP contribution in [0.1, 0.15) is 24.0 Å². The monoisotopic (exact) mass is 214 g/mol. The summed E-state index contributed by atoms with van der Waals surface area (Å²) in [6.07, 6.45) is 0. The number of aryl methyl sites for hydroxylation is 1. The fraction of sp³-hybridized carbons (Fsp3) is 0.273. The molecule has 0 saturated carbocycles. The SMILES string of the molecule is Cc1ccccc1C(C)C(=O)C(=O)[O-].[Na+]. The van der Waals surface area contributed by atoms with Crippen LogP contribution in [-0.4, -0.2) is 11.8 Å². The van der Waals surface area contributed by atoms with Gasteiger partial charge in [0.15, 0.2) is 5.78 Å². The van der Waals surface area contributed by atoms with E-state index < -0.39 is 17.7 Å². The topological polar surface area (TPSA) is 57.2 Å². The van der Waals surface area contributed by atoms with Gasteiger partial charge in [-0.15, -0.1) is 0 Å². The Bertz CT molecular complexity index is 374. The van der Waals surface area contributed by atoms with E-state index in [1.807, 2.05) is 19.1 Å². The first kappa shape index (κ1) is 14.4. The summed E-state index contributed by atoms with van der Waals surface area (Å²) in [7, 11) is 0. The standard InChI is InChI=1S/C11H12O3.Na/c1-7-5-3-4-6-9(7)8(2)10(12)11(13)14;/h3-6,8H,1-2H3,(H,13,14);/q;+1/p-1. The molecule has 1 unspecified atom stereocenters. The minimum atomic E-state index is -1.62. The second-order valence-electron chi connectivity index (χ2n) is 3.23. The molecular formula is C11H11NaO3. The molecule has 0 aliphatic carbocycles. The molecule has 1 aromatic carbocycles. The second-order valence-corrected chi connectivity index (χ2v) is 3.23. The van der Waals surface area contributed by atoms with Crippen molar-refractivity contribution in [3.8, 4) is 0 Å². The van der Waals surface area contributed by atoms with E-state index in [0.29, 0.717) is 0 Å². The summed E-state index contributed by atoms with van der Waals surface area (Å²) < 4.78 is 0. The molecule has 0 N–H and O–H groups in total. The number of benzene rings is 1. The number of rotatable bonds is 3. The van der Waals surface area contributed by atoms with E-state index in [2.05, 4.69) is 0 Å². The van der Waals surface area contributed by atoms with Crippen molar-refractivity contribution in [3.63, 3.8) is 0 Å². The van der Waals surface area contributed by atoms with Crippen molar-refractivity contribution < 1.29 is 44.3 Å². The normalized spacial score (nSPS) is 11.3. The van der Waals surface area contributed by atoms with Crippen molar-refractivity contribution >= 4 is 11.8 Å². The van der Waals surface area contributed by atoms with Gasteiger partial charge in [-0.25, -0.2) is 0 Å². The van der Waals surface area contributed by atoms with Crippen LogP contribution in [0.4, 0.5) is 0 Å². The number of aliphatic carboxylic acids is 1. The molecule has 0 amide bonds. The number of ketones is 1. The largest absolute Gasteiger partial charge is 1.00 e. The number of Topliss-reactive ketones (excluding diaryl/α,β-unsaturated/α-hetero) is 1. The molecule has 0 fully saturated rings. The Labute approximate surface area is 111 Å². The first-order valence-electron chi connectivity index (χ1n) is 4.34. The minimum absolute atomic E-state index is 0. The Morgan fingerprint density at radius 1 is 1.27 bits per heavy atom. The zero-order valence-electron chi connectivity index (χ0n) is 9.11. The van der Waals surface area contributed by atoms with Gasteiger partial charge in [0.25, 0.3) is 0 Å². The van der Waals surface area contributed by atoms with Gasteiger partial charge in [0.05, 0.1) is 0 Å². The molecular weight excluding hydrogens is 203 g/mol. The Morgan fingerprint density at radius 2 is 1.80 bits per heavy atom. The van der Waals surface area contributed by atoms with E-state index in [1.54, 1.807) is 19.1 Å². The Balaban J connectivity index is 0.00000196. The summed E-state index contributed by atoms with van der Waals surface area (Å²) in [5.74, 6) is -3.14. The van der Waals surface area contributed by atoms with Crippen molar-refractivity contribution in [2.24, 2.45) is 0 Å². The zero-order chi connectivity index (χ0) is 10.7. The van der Waals surface area contributed by atoms with Crippen LogP contribution < -0.4 is 34.7 Å². The third-order valence-electron chi connectivity index (χ3n) is 2.25. The third kappa shape index (κ3) is 3.45. The van der Waals surface area contributed by atoms with Crippen LogP contribution in [0.25, 0.3) is 0 Å².